The lowest BCUT2D eigenvalue weighted by molar-refractivity contribution is -0.124. The first-order chi connectivity index (χ1) is 17.3. The Morgan fingerprint density at radius 2 is 1.75 bits per heavy atom. The minimum absolute atomic E-state index is 0.0807. The van der Waals surface area contributed by atoms with E-state index in [0.717, 1.165) is 34.5 Å². The minimum Gasteiger partial charge on any atom is -0.490 e. The molecule has 1 heterocycles. The first-order valence-electron chi connectivity index (χ1n) is 12.5. The molecule has 36 heavy (non-hydrogen) atoms. The Bertz CT molecular complexity index is 1040. The van der Waals surface area contributed by atoms with Crippen LogP contribution in [0.5, 0.6) is 11.5 Å². The van der Waals surface area contributed by atoms with Gasteiger partial charge in [0.15, 0.2) is 11.5 Å². The van der Waals surface area contributed by atoms with Gasteiger partial charge in [0.2, 0.25) is 11.8 Å². The first-order valence-corrected chi connectivity index (χ1v) is 12.5. The number of anilines is 1. The summed E-state index contributed by atoms with van der Waals surface area (Å²) in [6.45, 7) is 10.4. The zero-order chi connectivity index (χ0) is 26.1. The molecule has 1 aliphatic rings. The fourth-order valence-corrected chi connectivity index (χ4v) is 4.14. The summed E-state index contributed by atoms with van der Waals surface area (Å²) < 4.78 is 16.8. The molecule has 0 fully saturated rings. The quantitative estimate of drug-likeness (QED) is 0.490. The monoisotopic (exact) mass is 497 g/mol. The van der Waals surface area contributed by atoms with Crippen LogP contribution in [0, 0.1) is 19.8 Å². The van der Waals surface area contributed by atoms with E-state index < -0.39 is 0 Å². The molecule has 2 aromatic carbocycles. The summed E-state index contributed by atoms with van der Waals surface area (Å²) in [5.74, 6) is 1.26. The SMILES string of the molecule is COCCN(CC(=O)Nc1cccc(C)c1C)CC(=O)NC(c1ccc2c(c1)OCCCO2)C(C)C. The van der Waals surface area contributed by atoms with Crippen molar-refractivity contribution in [3.8, 4) is 11.5 Å². The van der Waals surface area contributed by atoms with Crippen LogP contribution < -0.4 is 20.1 Å². The third-order valence-electron chi connectivity index (χ3n) is 6.34. The lowest BCUT2D eigenvalue weighted by Crippen LogP contribution is -2.44. The Morgan fingerprint density at radius 3 is 2.47 bits per heavy atom. The van der Waals surface area contributed by atoms with Crippen LogP contribution in [0.15, 0.2) is 36.4 Å². The molecule has 1 unspecified atom stereocenters. The van der Waals surface area contributed by atoms with Gasteiger partial charge in [-0.05, 0) is 54.7 Å². The van der Waals surface area contributed by atoms with Crippen LogP contribution in [-0.2, 0) is 14.3 Å². The summed E-state index contributed by atoms with van der Waals surface area (Å²) in [7, 11) is 1.60. The number of amides is 2. The van der Waals surface area contributed by atoms with Crippen molar-refractivity contribution in [1.29, 1.82) is 0 Å². The van der Waals surface area contributed by atoms with Gasteiger partial charge < -0.3 is 24.8 Å². The molecule has 2 amide bonds. The van der Waals surface area contributed by atoms with Gasteiger partial charge in [-0.1, -0.05) is 32.0 Å². The topological polar surface area (TPSA) is 89.1 Å². The van der Waals surface area contributed by atoms with Crippen LogP contribution in [0.25, 0.3) is 0 Å². The number of benzene rings is 2. The van der Waals surface area contributed by atoms with Crippen LogP contribution in [0.2, 0.25) is 0 Å². The Labute approximate surface area is 214 Å². The Balaban J connectivity index is 1.66. The van der Waals surface area contributed by atoms with Crippen LogP contribution >= 0.6 is 0 Å². The third-order valence-corrected chi connectivity index (χ3v) is 6.34. The van der Waals surface area contributed by atoms with E-state index in [1.807, 2.05) is 50.2 Å². The van der Waals surface area contributed by atoms with Crippen LogP contribution in [0.4, 0.5) is 5.69 Å². The van der Waals surface area contributed by atoms with Crippen LogP contribution in [-0.4, -0.2) is 63.3 Å². The summed E-state index contributed by atoms with van der Waals surface area (Å²) in [4.78, 5) is 27.7. The van der Waals surface area contributed by atoms with E-state index in [-0.39, 0.29) is 36.9 Å². The Hall–Kier alpha value is -3.10. The highest BCUT2D eigenvalue weighted by Crippen LogP contribution is 2.34. The molecule has 0 saturated heterocycles. The molecule has 2 N–H and O–H groups in total. The maximum atomic E-state index is 13.1. The highest BCUT2D eigenvalue weighted by atomic mass is 16.5. The number of ether oxygens (including phenoxy) is 3. The number of nitrogens with one attached hydrogen (secondary N) is 2. The van der Waals surface area contributed by atoms with Gasteiger partial charge in [-0.15, -0.1) is 0 Å². The smallest absolute Gasteiger partial charge is 0.238 e. The van der Waals surface area contributed by atoms with Gasteiger partial charge in [-0.2, -0.15) is 0 Å². The number of nitrogens with zero attached hydrogens (tertiary/aromatic N) is 1. The molecule has 0 radical (unpaired) electrons. The van der Waals surface area contributed by atoms with Crippen molar-refractivity contribution in [2.24, 2.45) is 5.92 Å². The average molecular weight is 498 g/mol. The molecule has 8 nitrogen and oxygen atoms in total. The van der Waals surface area contributed by atoms with E-state index in [0.29, 0.717) is 32.1 Å². The molecule has 1 aliphatic heterocycles. The second-order valence-corrected chi connectivity index (χ2v) is 9.54. The minimum atomic E-state index is -0.206. The van der Waals surface area contributed by atoms with Crippen molar-refractivity contribution in [3.05, 3.63) is 53.1 Å². The largest absolute Gasteiger partial charge is 0.490 e. The van der Waals surface area contributed by atoms with Crippen molar-refractivity contribution in [3.63, 3.8) is 0 Å². The molecule has 196 valence electrons. The number of fused-ring (bicyclic) bond motifs is 1. The van der Waals surface area contributed by atoms with Crippen molar-refractivity contribution in [1.82, 2.24) is 10.2 Å². The van der Waals surface area contributed by atoms with Gasteiger partial charge in [-0.3, -0.25) is 14.5 Å². The van der Waals surface area contributed by atoms with Gasteiger partial charge in [-0.25, -0.2) is 0 Å². The number of carbonyl (C=O) groups is 2. The second kappa shape index (κ2) is 13.3. The first kappa shape index (κ1) is 27.5. The number of methoxy groups -OCH3 is 1. The standard InChI is InChI=1S/C28H39N3O5/c1-19(2)28(22-10-11-24-25(16-22)36-14-7-13-35-24)30-27(33)18-31(12-15-34-5)17-26(32)29-23-9-6-8-20(3)21(23)4/h6,8-11,16,19,28H,7,12-15,17-18H2,1-5H3,(H,29,32)(H,30,33). The van der Waals surface area contributed by atoms with Crippen molar-refractivity contribution >= 4 is 17.5 Å². The zero-order valence-corrected chi connectivity index (χ0v) is 22.1. The van der Waals surface area contributed by atoms with E-state index in [1.165, 1.54) is 0 Å². The molecule has 3 rings (SSSR count). The van der Waals surface area contributed by atoms with Gasteiger partial charge in [0.25, 0.3) is 0 Å². The molecule has 8 heteroatoms. The Morgan fingerprint density at radius 1 is 1.03 bits per heavy atom. The van der Waals surface area contributed by atoms with E-state index in [2.05, 4.69) is 24.5 Å². The van der Waals surface area contributed by atoms with Crippen LogP contribution in [0.3, 0.4) is 0 Å². The van der Waals surface area contributed by atoms with Gasteiger partial charge in [0, 0.05) is 25.8 Å². The highest BCUT2D eigenvalue weighted by Gasteiger charge is 2.23. The predicted molar refractivity (Wildman–Crippen MR) is 141 cm³/mol. The number of hydrogen-bond donors (Lipinski definition) is 2. The number of hydrogen-bond acceptors (Lipinski definition) is 6. The summed E-state index contributed by atoms with van der Waals surface area (Å²) in [6, 6.07) is 11.4. The number of carbonyl (C=O) groups excluding carboxylic acids is 2. The summed E-state index contributed by atoms with van der Waals surface area (Å²) in [5.41, 5.74) is 3.88. The lowest BCUT2D eigenvalue weighted by atomic mass is 9.95. The highest BCUT2D eigenvalue weighted by molar-refractivity contribution is 5.93. The number of aryl methyl sites for hydroxylation is 1. The van der Waals surface area contributed by atoms with Gasteiger partial charge >= 0.3 is 0 Å². The Kier molecular flexibility index (Phi) is 10.1. The summed E-state index contributed by atoms with van der Waals surface area (Å²) in [6.07, 6.45) is 0.836. The maximum absolute atomic E-state index is 13.1. The molecule has 0 spiro atoms. The van der Waals surface area contributed by atoms with E-state index in [9.17, 15) is 9.59 Å². The molecule has 0 aliphatic carbocycles. The molecular formula is C28H39N3O5. The molecule has 0 saturated carbocycles. The number of rotatable bonds is 11. The van der Waals surface area contributed by atoms with E-state index in [1.54, 1.807) is 12.0 Å². The second-order valence-electron chi connectivity index (χ2n) is 9.54. The summed E-state index contributed by atoms with van der Waals surface area (Å²) >= 11 is 0. The normalized spacial score (nSPS) is 13.9. The average Bonchev–Trinajstić information content (AvgIpc) is 3.08. The summed E-state index contributed by atoms with van der Waals surface area (Å²) in [5, 5.41) is 6.12. The third kappa shape index (κ3) is 7.70. The lowest BCUT2D eigenvalue weighted by Gasteiger charge is -2.26. The van der Waals surface area contributed by atoms with Crippen molar-refractivity contribution in [2.45, 2.75) is 40.2 Å². The molecule has 1 atom stereocenters. The van der Waals surface area contributed by atoms with Gasteiger partial charge in [0.05, 0.1) is 39.0 Å². The molecule has 2 aromatic rings. The molecular weight excluding hydrogens is 458 g/mol. The molecule has 0 bridgehead atoms. The zero-order valence-electron chi connectivity index (χ0n) is 22.1. The fourth-order valence-electron chi connectivity index (χ4n) is 4.14. The fraction of sp³-hybridized carbons (Fsp3) is 0.500. The van der Waals surface area contributed by atoms with Crippen LogP contribution in [0.1, 0.15) is 43.0 Å². The predicted octanol–water partition coefficient (Wildman–Crippen LogP) is 3.87. The van der Waals surface area contributed by atoms with Crippen molar-refractivity contribution in [2.75, 3.05) is 51.9 Å². The molecule has 0 aromatic heterocycles. The van der Waals surface area contributed by atoms with Gasteiger partial charge in [0.1, 0.15) is 0 Å². The van der Waals surface area contributed by atoms with Crippen molar-refractivity contribution < 1.29 is 23.8 Å². The van der Waals surface area contributed by atoms with E-state index >= 15 is 0 Å². The van der Waals surface area contributed by atoms with E-state index in [4.69, 9.17) is 14.2 Å². The maximum Gasteiger partial charge on any atom is 0.238 e.